The summed E-state index contributed by atoms with van der Waals surface area (Å²) in [6.45, 7) is -4.39. The second-order valence-electron chi connectivity index (χ2n) is 6.30. The second-order valence-corrected chi connectivity index (χ2v) is 9.54. The summed E-state index contributed by atoms with van der Waals surface area (Å²) >= 11 is 5.40. The Labute approximate surface area is 229 Å². The van der Waals surface area contributed by atoms with Crippen LogP contribution >= 0.6 is 67.8 Å². The first-order valence-electron chi connectivity index (χ1n) is 9.31. The van der Waals surface area contributed by atoms with Crippen molar-refractivity contribution in [1.29, 1.82) is 0 Å². The maximum atomic E-state index is 12.9. The van der Waals surface area contributed by atoms with Gasteiger partial charge in [-0.15, -0.1) is 0 Å². The summed E-state index contributed by atoms with van der Waals surface area (Å²) in [5, 5.41) is 56.2. The third kappa shape index (κ3) is 7.53. The third-order valence-electron chi connectivity index (χ3n) is 4.15. The van der Waals surface area contributed by atoms with Gasteiger partial charge in [-0.3, -0.25) is 9.59 Å². The van der Waals surface area contributed by atoms with E-state index < -0.39 is 63.5 Å². The van der Waals surface area contributed by atoms with Crippen molar-refractivity contribution in [2.24, 2.45) is 0 Å². The van der Waals surface area contributed by atoms with Crippen molar-refractivity contribution < 1.29 is 49.8 Å². The molecular weight excluding hydrogens is 785 g/mol. The van der Waals surface area contributed by atoms with Crippen LogP contribution in [0, 0.1) is 10.7 Å². The van der Waals surface area contributed by atoms with Gasteiger partial charge in [0.1, 0.15) is 25.9 Å². The van der Waals surface area contributed by atoms with Crippen LogP contribution in [0.2, 0.25) is 0 Å². The Hall–Kier alpha value is -0.420. The van der Waals surface area contributed by atoms with E-state index in [1.165, 1.54) is 0 Å². The smallest absolute Gasteiger partial charge is 0.340 e. The van der Waals surface area contributed by atoms with Crippen LogP contribution in [0.3, 0.4) is 0 Å². The highest BCUT2D eigenvalue weighted by Gasteiger charge is 2.33. The van der Waals surface area contributed by atoms with E-state index >= 15 is 0 Å². The maximum absolute atomic E-state index is 12.9. The van der Waals surface area contributed by atoms with Gasteiger partial charge < -0.3 is 45.2 Å². The number of ether oxygens (including phenoxy) is 1. The van der Waals surface area contributed by atoms with Crippen LogP contribution in [0.1, 0.15) is 10.4 Å². The summed E-state index contributed by atoms with van der Waals surface area (Å²) in [6.07, 6.45) is -1.32. The van der Waals surface area contributed by atoms with Crippen molar-refractivity contribution in [2.75, 3.05) is 62.5 Å². The van der Waals surface area contributed by atoms with E-state index in [0.29, 0.717) is 0 Å². The lowest BCUT2D eigenvalue weighted by molar-refractivity contribution is -0.122. The topological polar surface area (TPSA) is 188 Å². The van der Waals surface area contributed by atoms with Gasteiger partial charge >= 0.3 is 5.97 Å². The number of aliphatic hydroxyl groups excluding tert-OH is 6. The van der Waals surface area contributed by atoms with Crippen molar-refractivity contribution >= 4 is 96.9 Å². The number of rotatable bonds is 12. The lowest BCUT2D eigenvalue weighted by Crippen LogP contribution is -2.40. The van der Waals surface area contributed by atoms with Gasteiger partial charge in [0, 0.05) is 13.1 Å². The molecule has 12 nitrogen and oxygen atoms in total. The molecule has 0 saturated heterocycles. The molecule has 0 fully saturated rings. The zero-order valence-corrected chi connectivity index (χ0v) is 23.6. The zero-order chi connectivity index (χ0) is 25.3. The van der Waals surface area contributed by atoms with E-state index in [4.69, 9.17) is 9.84 Å². The number of esters is 1. The lowest BCUT2D eigenvalue weighted by atomic mass is 10.1. The Bertz CT molecular complexity index is 817. The molecule has 1 unspecified atom stereocenters. The van der Waals surface area contributed by atoms with Crippen LogP contribution in [0.15, 0.2) is 0 Å². The predicted molar refractivity (Wildman–Crippen MR) is 141 cm³/mol. The average molecular weight is 808 g/mol. The molecule has 1 aromatic carbocycles. The van der Waals surface area contributed by atoms with Crippen molar-refractivity contribution in [3.63, 3.8) is 0 Å². The van der Waals surface area contributed by atoms with E-state index in [0.717, 1.165) is 9.80 Å². The third-order valence-corrected chi connectivity index (χ3v) is 7.27. The van der Waals surface area contributed by atoms with Gasteiger partial charge in [-0.05, 0) is 67.8 Å². The van der Waals surface area contributed by atoms with E-state index in [2.05, 4.69) is 0 Å². The highest BCUT2D eigenvalue weighted by Crippen LogP contribution is 2.42. The number of hydrogen-bond donors (Lipinski definition) is 6. The van der Waals surface area contributed by atoms with Gasteiger partial charge in [0.05, 0.1) is 47.5 Å². The van der Waals surface area contributed by atoms with Gasteiger partial charge in [-0.25, -0.2) is 4.79 Å². The molecule has 0 aliphatic rings. The predicted octanol–water partition coefficient (Wildman–Crippen LogP) is -1.35. The number of benzene rings is 1. The van der Waals surface area contributed by atoms with E-state index in [-0.39, 0.29) is 40.7 Å². The quantitative estimate of drug-likeness (QED) is 0.109. The van der Waals surface area contributed by atoms with Crippen molar-refractivity contribution in [3.05, 3.63) is 16.3 Å². The molecule has 6 N–H and O–H groups in total. The van der Waals surface area contributed by atoms with E-state index in [9.17, 15) is 39.9 Å². The summed E-state index contributed by atoms with van der Waals surface area (Å²) in [7, 11) is 0. The minimum absolute atomic E-state index is 0.0888. The fourth-order valence-electron chi connectivity index (χ4n) is 2.68. The first-order chi connectivity index (χ1) is 15.6. The number of nitrogens with zero attached hydrogens (tertiary/aromatic N) is 2. The molecule has 1 rings (SSSR count). The van der Waals surface area contributed by atoms with E-state index in [1.807, 2.05) is 22.6 Å². The molecule has 1 aromatic rings. The minimum Gasteiger partial charge on any atom is -0.459 e. The van der Waals surface area contributed by atoms with E-state index in [1.54, 1.807) is 45.2 Å². The molecule has 0 spiro atoms. The maximum Gasteiger partial charge on any atom is 0.340 e. The summed E-state index contributed by atoms with van der Waals surface area (Å²) in [5.74, 6) is -2.51. The Morgan fingerprint density at radius 2 is 1.21 bits per heavy atom. The van der Waals surface area contributed by atoms with Gasteiger partial charge in [-0.2, -0.15) is 0 Å². The molecule has 0 aliphatic heterocycles. The van der Waals surface area contributed by atoms with Gasteiger partial charge in [0.25, 0.3) is 11.8 Å². The first kappa shape index (κ1) is 30.6. The molecule has 15 heteroatoms. The first-order valence-corrected chi connectivity index (χ1v) is 12.5. The second kappa shape index (κ2) is 14.9. The molecular formula is C18H23I3N2O10. The zero-order valence-electron chi connectivity index (χ0n) is 17.1. The molecule has 1 atom stereocenters. The minimum atomic E-state index is -1.32. The van der Waals surface area contributed by atoms with Gasteiger partial charge in [-0.1, -0.05) is 0 Å². The van der Waals surface area contributed by atoms with Crippen LogP contribution in [0.25, 0.3) is 0 Å². The molecule has 0 saturated carbocycles. The largest absolute Gasteiger partial charge is 0.459 e. The highest BCUT2D eigenvalue weighted by molar-refractivity contribution is 14.1. The number of aliphatic hydroxyl groups is 6. The molecule has 0 bridgehead atoms. The fraction of sp³-hybridized carbons (Fsp3) is 0.500. The Kier molecular flexibility index (Phi) is 13.8. The standard InChI is InChI=1S/C18H23I3N2O10/c19-13-12(18(32)33-8-9(29)5-26)14(20)17(23(2-4-25)11(31)7-28)15(21)16(13)22(1-3-24)10(30)6-27/h9,24-29H,1-8H2. The molecule has 0 aliphatic carbocycles. The summed E-state index contributed by atoms with van der Waals surface area (Å²) in [5.41, 5.74) is 0.111. The summed E-state index contributed by atoms with van der Waals surface area (Å²) in [6, 6.07) is 0. The Balaban J connectivity index is 3.92. The molecule has 33 heavy (non-hydrogen) atoms. The SMILES string of the molecule is O=C(OCC(O)CO)c1c(I)c(N(CCO)C(=O)CO)c(I)c(N(CCO)C(=O)CO)c1I. The van der Waals surface area contributed by atoms with Crippen molar-refractivity contribution in [3.8, 4) is 0 Å². The number of hydrogen-bond acceptors (Lipinski definition) is 10. The fourth-order valence-corrected chi connectivity index (χ4v) is 7.45. The van der Waals surface area contributed by atoms with Gasteiger partial charge in [0.15, 0.2) is 0 Å². The van der Waals surface area contributed by atoms with Crippen molar-refractivity contribution in [2.45, 2.75) is 6.10 Å². The van der Waals surface area contributed by atoms with Gasteiger partial charge in [0.2, 0.25) is 0 Å². The number of halogens is 3. The van der Waals surface area contributed by atoms with Crippen LogP contribution in [0.4, 0.5) is 11.4 Å². The Morgan fingerprint density at radius 1 is 0.788 bits per heavy atom. The average Bonchev–Trinajstić information content (AvgIpc) is 2.80. The van der Waals surface area contributed by atoms with Crippen LogP contribution in [-0.2, 0) is 14.3 Å². The lowest BCUT2D eigenvalue weighted by Gasteiger charge is -2.31. The molecule has 0 heterocycles. The monoisotopic (exact) mass is 808 g/mol. The van der Waals surface area contributed by atoms with Crippen LogP contribution in [-0.4, -0.2) is 107 Å². The number of carbonyl (C=O) groups is 3. The molecule has 2 amide bonds. The molecule has 0 radical (unpaired) electrons. The summed E-state index contributed by atoms with van der Waals surface area (Å²) in [4.78, 5) is 39.9. The number of carbonyl (C=O) groups excluding carboxylic acids is 3. The molecule has 186 valence electrons. The Morgan fingerprint density at radius 3 is 1.55 bits per heavy atom. The van der Waals surface area contributed by atoms with Crippen LogP contribution in [0.5, 0.6) is 0 Å². The molecule has 0 aromatic heterocycles. The summed E-state index contributed by atoms with van der Waals surface area (Å²) < 4.78 is 5.75. The normalized spacial score (nSPS) is 11.8. The number of amides is 2. The highest BCUT2D eigenvalue weighted by atomic mass is 127. The van der Waals surface area contributed by atoms with Crippen molar-refractivity contribution in [1.82, 2.24) is 0 Å². The number of anilines is 2. The van der Waals surface area contributed by atoms with Crippen LogP contribution < -0.4 is 9.80 Å².